The first-order chi connectivity index (χ1) is 9.12. The smallest absolute Gasteiger partial charge is 0.258 e. The van der Waals surface area contributed by atoms with Crippen molar-refractivity contribution < 1.29 is 9.26 Å². The summed E-state index contributed by atoms with van der Waals surface area (Å²) >= 11 is 0. The van der Waals surface area contributed by atoms with Crippen molar-refractivity contribution >= 4 is 0 Å². The zero-order valence-corrected chi connectivity index (χ0v) is 11.2. The molecule has 0 aliphatic heterocycles. The van der Waals surface area contributed by atoms with Gasteiger partial charge in [0.2, 0.25) is 5.82 Å². The monoisotopic (exact) mass is 257 g/mol. The highest BCUT2D eigenvalue weighted by Gasteiger charge is 2.30. The second-order valence-corrected chi connectivity index (χ2v) is 4.40. The summed E-state index contributed by atoms with van der Waals surface area (Å²) in [6, 6.07) is 9.07. The zero-order chi connectivity index (χ0) is 13.9. The summed E-state index contributed by atoms with van der Waals surface area (Å²) in [7, 11) is 1.63. The topological polar surface area (TPSA) is 71.9 Å². The van der Waals surface area contributed by atoms with Crippen molar-refractivity contribution in [2.24, 2.45) is 0 Å². The molecule has 0 radical (unpaired) electrons. The SMILES string of the molecule is CCC(C)(OC)c1noc(-c2ccc(C#N)cc2)n1. The lowest BCUT2D eigenvalue weighted by Gasteiger charge is -2.21. The highest BCUT2D eigenvalue weighted by molar-refractivity contribution is 5.54. The van der Waals surface area contributed by atoms with E-state index in [4.69, 9.17) is 14.5 Å². The normalized spacial score (nSPS) is 13.8. The molecule has 1 atom stereocenters. The van der Waals surface area contributed by atoms with Gasteiger partial charge < -0.3 is 9.26 Å². The standard InChI is InChI=1S/C14H15N3O2/c1-4-14(2,18-3)13-16-12(19-17-13)11-7-5-10(9-15)6-8-11/h5-8H,4H2,1-3H3. The minimum Gasteiger partial charge on any atom is -0.370 e. The molecule has 0 spiro atoms. The average molecular weight is 257 g/mol. The molecule has 1 aromatic carbocycles. The molecule has 2 rings (SSSR count). The molecule has 0 bridgehead atoms. The summed E-state index contributed by atoms with van der Waals surface area (Å²) in [5, 5.41) is 12.7. The first kappa shape index (κ1) is 13.2. The summed E-state index contributed by atoms with van der Waals surface area (Å²) in [6.07, 6.45) is 0.746. The number of ether oxygens (including phenoxy) is 1. The van der Waals surface area contributed by atoms with E-state index in [2.05, 4.69) is 16.2 Å². The summed E-state index contributed by atoms with van der Waals surface area (Å²) in [6.45, 7) is 3.92. The summed E-state index contributed by atoms with van der Waals surface area (Å²) in [5.74, 6) is 0.952. The van der Waals surface area contributed by atoms with Crippen molar-refractivity contribution in [2.75, 3.05) is 7.11 Å². The van der Waals surface area contributed by atoms with Crippen molar-refractivity contribution in [1.82, 2.24) is 10.1 Å². The molecule has 19 heavy (non-hydrogen) atoms. The van der Waals surface area contributed by atoms with Gasteiger partial charge in [0.05, 0.1) is 11.6 Å². The first-order valence-electron chi connectivity index (χ1n) is 6.03. The van der Waals surface area contributed by atoms with E-state index >= 15 is 0 Å². The van der Waals surface area contributed by atoms with Gasteiger partial charge in [-0.05, 0) is 37.6 Å². The van der Waals surface area contributed by atoms with Crippen molar-refractivity contribution in [3.63, 3.8) is 0 Å². The van der Waals surface area contributed by atoms with E-state index in [9.17, 15) is 0 Å². The number of aromatic nitrogens is 2. The number of methoxy groups -OCH3 is 1. The Morgan fingerprint density at radius 1 is 1.37 bits per heavy atom. The predicted octanol–water partition coefficient (Wildman–Crippen LogP) is 2.88. The molecule has 1 unspecified atom stereocenters. The second kappa shape index (κ2) is 5.21. The minimum atomic E-state index is -0.547. The van der Waals surface area contributed by atoms with Crippen molar-refractivity contribution in [2.45, 2.75) is 25.9 Å². The van der Waals surface area contributed by atoms with Gasteiger partial charge in [0.15, 0.2) is 0 Å². The van der Waals surface area contributed by atoms with Crippen molar-refractivity contribution in [3.8, 4) is 17.5 Å². The van der Waals surface area contributed by atoms with E-state index in [1.54, 1.807) is 31.4 Å². The predicted molar refractivity (Wildman–Crippen MR) is 69.1 cm³/mol. The first-order valence-corrected chi connectivity index (χ1v) is 6.03. The van der Waals surface area contributed by atoms with E-state index in [0.29, 0.717) is 17.3 Å². The van der Waals surface area contributed by atoms with Crippen LogP contribution in [0.25, 0.3) is 11.5 Å². The summed E-state index contributed by atoms with van der Waals surface area (Å²) in [4.78, 5) is 4.36. The molecule has 2 aromatic rings. The van der Waals surface area contributed by atoms with Gasteiger partial charge in [-0.3, -0.25) is 0 Å². The van der Waals surface area contributed by atoms with Crippen LogP contribution in [0.15, 0.2) is 28.8 Å². The molecule has 0 saturated carbocycles. The van der Waals surface area contributed by atoms with Crippen LogP contribution >= 0.6 is 0 Å². The molecular formula is C14H15N3O2. The van der Waals surface area contributed by atoms with Crippen LogP contribution in [0.5, 0.6) is 0 Å². The van der Waals surface area contributed by atoms with Gasteiger partial charge in [-0.25, -0.2) is 0 Å². The van der Waals surface area contributed by atoms with Gasteiger partial charge in [-0.2, -0.15) is 10.2 Å². The Balaban J connectivity index is 2.33. The maximum Gasteiger partial charge on any atom is 0.258 e. The lowest BCUT2D eigenvalue weighted by atomic mass is 10.0. The van der Waals surface area contributed by atoms with Gasteiger partial charge in [-0.1, -0.05) is 12.1 Å². The molecule has 0 saturated heterocycles. The Morgan fingerprint density at radius 3 is 2.58 bits per heavy atom. The van der Waals surface area contributed by atoms with Gasteiger partial charge in [0.1, 0.15) is 5.60 Å². The van der Waals surface area contributed by atoms with Crippen LogP contribution in [-0.2, 0) is 10.3 Å². The van der Waals surface area contributed by atoms with Gasteiger partial charge in [0.25, 0.3) is 5.89 Å². The van der Waals surface area contributed by atoms with E-state index in [1.165, 1.54) is 0 Å². The fourth-order valence-electron chi connectivity index (χ4n) is 1.64. The molecule has 98 valence electrons. The number of nitrogens with zero attached hydrogens (tertiary/aromatic N) is 3. The van der Waals surface area contributed by atoms with Gasteiger partial charge >= 0.3 is 0 Å². The second-order valence-electron chi connectivity index (χ2n) is 4.40. The van der Waals surface area contributed by atoms with E-state index in [1.807, 2.05) is 13.8 Å². The quantitative estimate of drug-likeness (QED) is 0.842. The molecule has 0 aliphatic rings. The van der Waals surface area contributed by atoms with Crippen LogP contribution < -0.4 is 0 Å². The number of rotatable bonds is 4. The molecule has 0 amide bonds. The third-order valence-electron chi connectivity index (χ3n) is 3.29. The van der Waals surface area contributed by atoms with Crippen molar-refractivity contribution in [1.29, 1.82) is 5.26 Å². The van der Waals surface area contributed by atoms with Crippen LogP contribution in [0.3, 0.4) is 0 Å². The number of nitriles is 1. The molecule has 0 fully saturated rings. The minimum absolute atomic E-state index is 0.427. The lowest BCUT2D eigenvalue weighted by molar-refractivity contribution is -0.0106. The Hall–Kier alpha value is -2.19. The fourth-order valence-corrected chi connectivity index (χ4v) is 1.64. The summed E-state index contributed by atoms with van der Waals surface area (Å²) in [5.41, 5.74) is 0.833. The lowest BCUT2D eigenvalue weighted by Crippen LogP contribution is -2.24. The third-order valence-corrected chi connectivity index (χ3v) is 3.29. The Kier molecular flexibility index (Phi) is 3.63. The van der Waals surface area contributed by atoms with E-state index in [-0.39, 0.29) is 0 Å². The molecule has 5 heteroatoms. The van der Waals surface area contributed by atoms with Crippen LogP contribution in [0.1, 0.15) is 31.7 Å². The molecule has 0 N–H and O–H groups in total. The Labute approximate surface area is 111 Å². The highest BCUT2D eigenvalue weighted by Crippen LogP contribution is 2.27. The Morgan fingerprint density at radius 2 is 2.05 bits per heavy atom. The van der Waals surface area contributed by atoms with E-state index < -0.39 is 5.60 Å². The van der Waals surface area contributed by atoms with Gasteiger partial charge in [0, 0.05) is 12.7 Å². The maximum absolute atomic E-state index is 8.76. The highest BCUT2D eigenvalue weighted by atomic mass is 16.5. The van der Waals surface area contributed by atoms with Crippen molar-refractivity contribution in [3.05, 3.63) is 35.7 Å². The van der Waals surface area contributed by atoms with Crippen LogP contribution in [0.2, 0.25) is 0 Å². The molecule has 5 nitrogen and oxygen atoms in total. The number of hydrogen-bond acceptors (Lipinski definition) is 5. The largest absolute Gasteiger partial charge is 0.370 e. The van der Waals surface area contributed by atoms with Gasteiger partial charge in [-0.15, -0.1) is 0 Å². The van der Waals surface area contributed by atoms with Crippen LogP contribution in [0.4, 0.5) is 0 Å². The van der Waals surface area contributed by atoms with Crippen LogP contribution in [0, 0.1) is 11.3 Å². The fraction of sp³-hybridized carbons (Fsp3) is 0.357. The zero-order valence-electron chi connectivity index (χ0n) is 11.2. The number of hydrogen-bond donors (Lipinski definition) is 0. The number of benzene rings is 1. The van der Waals surface area contributed by atoms with E-state index in [0.717, 1.165) is 12.0 Å². The average Bonchev–Trinajstić information content (AvgIpc) is 2.97. The molecule has 1 heterocycles. The molecule has 0 aliphatic carbocycles. The Bertz CT molecular complexity index is 592. The summed E-state index contributed by atoms with van der Waals surface area (Å²) < 4.78 is 10.7. The van der Waals surface area contributed by atoms with Crippen LogP contribution in [-0.4, -0.2) is 17.3 Å². The maximum atomic E-state index is 8.76. The third kappa shape index (κ3) is 2.49. The molecular weight excluding hydrogens is 242 g/mol. The molecule has 1 aromatic heterocycles.